The molecule has 1 aromatic rings. The number of halogens is 3. The van der Waals surface area contributed by atoms with Crippen molar-refractivity contribution in [2.45, 2.75) is 6.18 Å². The fourth-order valence-electron chi connectivity index (χ4n) is 0.918. The molecule has 9 heteroatoms. The Morgan fingerprint density at radius 1 is 1.24 bits per heavy atom. The van der Waals surface area contributed by atoms with Crippen molar-refractivity contribution in [1.82, 2.24) is 4.72 Å². The van der Waals surface area contributed by atoms with Gasteiger partial charge in [0.15, 0.2) is 0 Å². The van der Waals surface area contributed by atoms with Crippen molar-refractivity contribution < 1.29 is 26.7 Å². The van der Waals surface area contributed by atoms with Crippen LogP contribution in [0.5, 0.6) is 5.75 Å². The van der Waals surface area contributed by atoms with Gasteiger partial charge in [-0.3, -0.25) is 4.72 Å². The number of hydrogen-bond acceptors (Lipinski definition) is 3. The first-order valence-corrected chi connectivity index (χ1v) is 5.80. The lowest BCUT2D eigenvalue weighted by atomic mass is 10.3. The van der Waals surface area contributed by atoms with E-state index in [1.54, 1.807) is 4.72 Å². The summed E-state index contributed by atoms with van der Waals surface area (Å²) in [4.78, 5) is 0. The van der Waals surface area contributed by atoms with Gasteiger partial charge < -0.3 is 5.11 Å². The maximum atomic E-state index is 11.8. The number of anilines is 1. The molecular weight excluding hydrogens is 261 g/mol. The lowest BCUT2D eigenvalue weighted by molar-refractivity contribution is -0.121. The Morgan fingerprint density at radius 3 is 2.35 bits per heavy atom. The molecular formula is C8H9F3N2O3S. The van der Waals surface area contributed by atoms with Crippen molar-refractivity contribution in [3.05, 3.63) is 24.3 Å². The summed E-state index contributed by atoms with van der Waals surface area (Å²) in [6.07, 6.45) is -4.65. The molecule has 0 atom stereocenters. The topological polar surface area (TPSA) is 78.4 Å². The molecule has 0 radical (unpaired) electrons. The monoisotopic (exact) mass is 270 g/mol. The van der Waals surface area contributed by atoms with Gasteiger partial charge in [0.2, 0.25) is 0 Å². The highest BCUT2D eigenvalue weighted by Gasteiger charge is 2.29. The molecule has 5 nitrogen and oxygen atoms in total. The normalized spacial score (nSPS) is 12.4. The van der Waals surface area contributed by atoms with Gasteiger partial charge in [-0.1, -0.05) is 12.1 Å². The van der Waals surface area contributed by atoms with Crippen molar-refractivity contribution in [1.29, 1.82) is 0 Å². The molecule has 0 saturated heterocycles. The molecule has 96 valence electrons. The largest absolute Gasteiger partial charge is 0.506 e. The Kier molecular flexibility index (Phi) is 3.83. The summed E-state index contributed by atoms with van der Waals surface area (Å²) in [7, 11) is -4.37. The van der Waals surface area contributed by atoms with E-state index >= 15 is 0 Å². The second kappa shape index (κ2) is 4.80. The van der Waals surface area contributed by atoms with Crippen LogP contribution < -0.4 is 9.44 Å². The van der Waals surface area contributed by atoms with E-state index in [4.69, 9.17) is 0 Å². The standard InChI is InChI=1S/C8H9F3N2O3S/c9-8(10,11)5-12-17(15,16)13-6-3-1-2-4-7(6)14/h1-4,12-14H,5H2. The average Bonchev–Trinajstić information content (AvgIpc) is 2.18. The van der Waals surface area contributed by atoms with Gasteiger partial charge in [0.1, 0.15) is 12.3 Å². The third kappa shape index (κ3) is 4.91. The number of nitrogens with one attached hydrogen (secondary N) is 2. The first-order valence-electron chi connectivity index (χ1n) is 4.32. The molecule has 3 N–H and O–H groups in total. The Hall–Kier alpha value is -1.48. The molecule has 0 spiro atoms. The van der Waals surface area contributed by atoms with Crippen molar-refractivity contribution >= 4 is 15.9 Å². The van der Waals surface area contributed by atoms with Gasteiger partial charge in [-0.15, -0.1) is 0 Å². The van der Waals surface area contributed by atoms with E-state index in [1.165, 1.54) is 29.0 Å². The zero-order valence-corrected chi connectivity index (χ0v) is 9.14. The minimum atomic E-state index is -4.65. The fourth-order valence-corrected chi connectivity index (χ4v) is 1.81. The van der Waals surface area contributed by atoms with Crippen molar-refractivity contribution in [2.75, 3.05) is 11.3 Å². The highest BCUT2D eigenvalue weighted by Crippen LogP contribution is 2.22. The molecule has 0 saturated carbocycles. The average molecular weight is 270 g/mol. The number of phenolic OH excluding ortho intramolecular Hbond substituents is 1. The molecule has 0 aliphatic rings. The van der Waals surface area contributed by atoms with E-state index in [2.05, 4.69) is 0 Å². The van der Waals surface area contributed by atoms with E-state index in [0.717, 1.165) is 0 Å². The summed E-state index contributed by atoms with van der Waals surface area (Å²) in [6, 6.07) is 5.27. The smallest absolute Gasteiger partial charge is 0.402 e. The maximum Gasteiger partial charge on any atom is 0.402 e. The number of para-hydroxylation sites is 2. The van der Waals surface area contributed by atoms with E-state index in [9.17, 15) is 26.7 Å². The molecule has 0 fully saturated rings. The van der Waals surface area contributed by atoms with E-state index in [-0.39, 0.29) is 11.4 Å². The number of aromatic hydroxyl groups is 1. The predicted octanol–water partition coefficient (Wildman–Crippen LogP) is 1.20. The Bertz CT molecular complexity index is 487. The van der Waals surface area contributed by atoms with Gasteiger partial charge in [0, 0.05) is 0 Å². The van der Waals surface area contributed by atoms with Crippen LogP contribution in [-0.2, 0) is 10.2 Å². The highest BCUT2D eigenvalue weighted by molar-refractivity contribution is 7.90. The Morgan fingerprint density at radius 2 is 1.82 bits per heavy atom. The predicted molar refractivity (Wildman–Crippen MR) is 54.7 cm³/mol. The summed E-state index contributed by atoms with van der Waals surface area (Å²) < 4.78 is 60.8. The number of alkyl halides is 3. The molecule has 1 aromatic carbocycles. The van der Waals surface area contributed by atoms with Crippen molar-refractivity contribution in [3.63, 3.8) is 0 Å². The van der Waals surface area contributed by atoms with Gasteiger partial charge in [0.05, 0.1) is 5.69 Å². The molecule has 0 bridgehead atoms. The van der Waals surface area contributed by atoms with Gasteiger partial charge in [-0.25, -0.2) is 0 Å². The SMILES string of the molecule is O=S(=O)(NCC(F)(F)F)Nc1ccccc1O. The second-order valence-electron chi connectivity index (χ2n) is 3.06. The summed E-state index contributed by atoms with van der Waals surface area (Å²) in [5.74, 6) is -0.384. The van der Waals surface area contributed by atoms with E-state index in [0.29, 0.717) is 0 Å². The maximum absolute atomic E-state index is 11.8. The zero-order chi connectivity index (χ0) is 13.1. The summed E-state index contributed by atoms with van der Waals surface area (Å²) in [5.41, 5.74) is -0.206. The molecule has 0 heterocycles. The highest BCUT2D eigenvalue weighted by atomic mass is 32.2. The van der Waals surface area contributed by atoms with Crippen LogP contribution in [0.2, 0.25) is 0 Å². The van der Waals surface area contributed by atoms with Crippen LogP contribution in [0.4, 0.5) is 18.9 Å². The number of rotatable bonds is 4. The van der Waals surface area contributed by atoms with Crippen LogP contribution in [0.25, 0.3) is 0 Å². The number of hydrogen-bond donors (Lipinski definition) is 3. The first kappa shape index (κ1) is 13.6. The van der Waals surface area contributed by atoms with Crippen LogP contribution in [0.3, 0.4) is 0 Å². The van der Waals surface area contributed by atoms with Gasteiger partial charge >= 0.3 is 6.18 Å². The molecule has 0 unspecified atom stereocenters. The summed E-state index contributed by atoms with van der Waals surface area (Å²) in [5, 5.41) is 9.22. The second-order valence-corrected chi connectivity index (χ2v) is 4.56. The molecule has 0 amide bonds. The minimum absolute atomic E-state index is 0.206. The van der Waals surface area contributed by atoms with Crippen LogP contribution in [-0.4, -0.2) is 26.2 Å². The summed E-state index contributed by atoms with van der Waals surface area (Å²) >= 11 is 0. The van der Waals surface area contributed by atoms with E-state index < -0.39 is 22.9 Å². The Labute approximate surface area is 95.4 Å². The fraction of sp³-hybridized carbons (Fsp3) is 0.250. The summed E-state index contributed by atoms with van der Waals surface area (Å²) in [6.45, 7) is -1.68. The van der Waals surface area contributed by atoms with E-state index in [1.807, 2.05) is 0 Å². The number of phenols is 1. The Balaban J connectivity index is 2.71. The van der Waals surface area contributed by atoms with Gasteiger partial charge in [0.25, 0.3) is 10.2 Å². The minimum Gasteiger partial charge on any atom is -0.506 e. The van der Waals surface area contributed by atoms with Gasteiger partial charge in [-0.05, 0) is 12.1 Å². The lowest BCUT2D eigenvalue weighted by Crippen LogP contribution is -2.37. The third-order valence-electron chi connectivity index (χ3n) is 1.61. The van der Waals surface area contributed by atoms with Crippen LogP contribution >= 0.6 is 0 Å². The molecule has 0 aromatic heterocycles. The molecule has 17 heavy (non-hydrogen) atoms. The quantitative estimate of drug-likeness (QED) is 0.719. The zero-order valence-electron chi connectivity index (χ0n) is 8.32. The van der Waals surface area contributed by atoms with Crippen LogP contribution in [0.1, 0.15) is 0 Å². The third-order valence-corrected chi connectivity index (χ3v) is 2.62. The molecule has 0 aliphatic heterocycles. The van der Waals surface area contributed by atoms with Crippen molar-refractivity contribution in [2.24, 2.45) is 0 Å². The van der Waals surface area contributed by atoms with Crippen LogP contribution in [0.15, 0.2) is 24.3 Å². The number of benzene rings is 1. The van der Waals surface area contributed by atoms with Gasteiger partial charge in [-0.2, -0.15) is 26.3 Å². The first-order chi connectivity index (χ1) is 7.70. The lowest BCUT2D eigenvalue weighted by Gasteiger charge is -2.11. The molecule has 1 rings (SSSR count). The van der Waals surface area contributed by atoms with Crippen LogP contribution in [0, 0.1) is 0 Å². The van der Waals surface area contributed by atoms with Crippen molar-refractivity contribution in [3.8, 4) is 5.75 Å². The molecule has 0 aliphatic carbocycles.